The predicted molar refractivity (Wildman–Crippen MR) is 116 cm³/mol. The third-order valence-electron chi connectivity index (χ3n) is 4.63. The SMILES string of the molecule is CC(C)NC(=O)c1coc(CN(C(=O)c2ccc(-c3ccccc3)cc2)C(C)C)n1. The summed E-state index contributed by atoms with van der Waals surface area (Å²) in [5, 5.41) is 2.77. The van der Waals surface area contributed by atoms with E-state index in [-0.39, 0.29) is 36.1 Å². The molecule has 156 valence electrons. The van der Waals surface area contributed by atoms with Crippen LogP contribution in [0.3, 0.4) is 0 Å². The summed E-state index contributed by atoms with van der Waals surface area (Å²) in [6.45, 7) is 7.81. The first-order valence-electron chi connectivity index (χ1n) is 10.1. The molecule has 0 spiro atoms. The first kappa shape index (κ1) is 21.3. The molecule has 6 nitrogen and oxygen atoms in total. The summed E-state index contributed by atoms with van der Waals surface area (Å²) >= 11 is 0. The van der Waals surface area contributed by atoms with Gasteiger partial charge in [-0.15, -0.1) is 0 Å². The third-order valence-corrected chi connectivity index (χ3v) is 4.63. The molecule has 0 saturated carbocycles. The molecule has 1 aromatic heterocycles. The summed E-state index contributed by atoms with van der Waals surface area (Å²) in [4.78, 5) is 31.1. The molecular formula is C24H27N3O3. The Balaban J connectivity index is 1.74. The van der Waals surface area contributed by atoms with Gasteiger partial charge < -0.3 is 14.6 Å². The molecular weight excluding hydrogens is 378 g/mol. The number of hydrogen-bond donors (Lipinski definition) is 1. The maximum atomic E-state index is 13.1. The molecule has 0 unspecified atom stereocenters. The van der Waals surface area contributed by atoms with Crippen LogP contribution in [-0.2, 0) is 6.54 Å². The summed E-state index contributed by atoms with van der Waals surface area (Å²) < 4.78 is 5.45. The minimum absolute atomic E-state index is 0.00486. The number of rotatable bonds is 7. The van der Waals surface area contributed by atoms with Crippen LogP contribution in [0, 0.1) is 0 Å². The minimum Gasteiger partial charge on any atom is -0.446 e. The molecule has 0 aliphatic rings. The first-order valence-corrected chi connectivity index (χ1v) is 10.1. The number of carbonyl (C=O) groups excluding carboxylic acids is 2. The van der Waals surface area contributed by atoms with Crippen molar-refractivity contribution in [1.82, 2.24) is 15.2 Å². The fourth-order valence-electron chi connectivity index (χ4n) is 3.06. The monoisotopic (exact) mass is 405 g/mol. The van der Waals surface area contributed by atoms with Gasteiger partial charge in [-0.25, -0.2) is 4.98 Å². The Kier molecular flexibility index (Phi) is 6.67. The maximum absolute atomic E-state index is 13.1. The van der Waals surface area contributed by atoms with E-state index in [1.807, 2.05) is 82.3 Å². The van der Waals surface area contributed by atoms with E-state index in [9.17, 15) is 9.59 Å². The lowest BCUT2D eigenvalue weighted by Gasteiger charge is -2.25. The summed E-state index contributed by atoms with van der Waals surface area (Å²) in [7, 11) is 0. The first-order chi connectivity index (χ1) is 14.3. The molecule has 1 N–H and O–H groups in total. The van der Waals surface area contributed by atoms with Crippen LogP contribution in [0.2, 0.25) is 0 Å². The van der Waals surface area contributed by atoms with Gasteiger partial charge in [0.2, 0.25) is 5.89 Å². The normalized spacial score (nSPS) is 11.0. The van der Waals surface area contributed by atoms with Gasteiger partial charge in [-0.05, 0) is 51.0 Å². The van der Waals surface area contributed by atoms with Gasteiger partial charge in [0, 0.05) is 17.6 Å². The summed E-state index contributed by atoms with van der Waals surface area (Å²) in [6, 6.07) is 17.5. The molecule has 6 heteroatoms. The highest BCUT2D eigenvalue weighted by molar-refractivity contribution is 5.95. The topological polar surface area (TPSA) is 75.4 Å². The largest absolute Gasteiger partial charge is 0.446 e. The van der Waals surface area contributed by atoms with Gasteiger partial charge in [0.05, 0.1) is 6.54 Å². The second kappa shape index (κ2) is 9.39. The Hall–Kier alpha value is -3.41. The zero-order valence-electron chi connectivity index (χ0n) is 17.8. The van der Waals surface area contributed by atoms with Crippen LogP contribution in [0.1, 0.15) is 54.4 Å². The molecule has 0 radical (unpaired) electrons. The smallest absolute Gasteiger partial charge is 0.273 e. The van der Waals surface area contributed by atoms with Crippen molar-refractivity contribution in [2.24, 2.45) is 0 Å². The van der Waals surface area contributed by atoms with Crippen molar-refractivity contribution in [2.75, 3.05) is 0 Å². The minimum atomic E-state index is -0.293. The van der Waals surface area contributed by atoms with E-state index in [1.165, 1.54) is 6.26 Å². The number of nitrogens with zero attached hydrogens (tertiary/aromatic N) is 2. The second-order valence-corrected chi connectivity index (χ2v) is 7.72. The summed E-state index contributed by atoms with van der Waals surface area (Å²) in [5.74, 6) is -0.0817. The van der Waals surface area contributed by atoms with Gasteiger partial charge in [0.15, 0.2) is 5.69 Å². The van der Waals surface area contributed by atoms with Crippen LogP contribution in [0.4, 0.5) is 0 Å². The Morgan fingerprint density at radius 3 is 2.20 bits per heavy atom. The van der Waals surface area contributed by atoms with Crippen LogP contribution < -0.4 is 5.32 Å². The van der Waals surface area contributed by atoms with Crippen molar-refractivity contribution in [3.8, 4) is 11.1 Å². The number of oxazole rings is 1. The number of hydrogen-bond acceptors (Lipinski definition) is 4. The third kappa shape index (κ3) is 5.14. The standard InChI is InChI=1S/C24H27N3O3/c1-16(2)25-23(28)21-15-30-22(26-21)14-27(17(3)4)24(29)20-12-10-19(11-13-20)18-8-6-5-7-9-18/h5-13,15-17H,14H2,1-4H3,(H,25,28). The lowest BCUT2D eigenvalue weighted by molar-refractivity contribution is 0.0672. The summed E-state index contributed by atoms with van der Waals surface area (Å²) in [5.41, 5.74) is 2.95. The number of amides is 2. The van der Waals surface area contributed by atoms with Crippen LogP contribution in [0.25, 0.3) is 11.1 Å². The highest BCUT2D eigenvalue weighted by Crippen LogP contribution is 2.21. The highest BCUT2D eigenvalue weighted by Gasteiger charge is 2.22. The maximum Gasteiger partial charge on any atom is 0.273 e. The Bertz CT molecular complexity index is 992. The van der Waals surface area contributed by atoms with E-state index in [1.54, 1.807) is 4.90 Å². The molecule has 0 aliphatic carbocycles. The summed E-state index contributed by atoms with van der Waals surface area (Å²) in [6.07, 6.45) is 1.32. The predicted octanol–water partition coefficient (Wildman–Crippen LogP) is 4.53. The molecule has 2 aromatic carbocycles. The zero-order valence-corrected chi connectivity index (χ0v) is 17.8. The number of aromatic nitrogens is 1. The van der Waals surface area contributed by atoms with Gasteiger partial charge >= 0.3 is 0 Å². The molecule has 0 saturated heterocycles. The Morgan fingerprint density at radius 1 is 0.967 bits per heavy atom. The molecule has 3 rings (SSSR count). The lowest BCUT2D eigenvalue weighted by Crippen LogP contribution is -2.36. The molecule has 3 aromatic rings. The van der Waals surface area contributed by atoms with E-state index in [2.05, 4.69) is 10.3 Å². The van der Waals surface area contributed by atoms with E-state index in [4.69, 9.17) is 4.42 Å². The zero-order chi connectivity index (χ0) is 21.7. The molecule has 0 bridgehead atoms. The fraction of sp³-hybridized carbons (Fsp3) is 0.292. The van der Waals surface area contributed by atoms with Crippen molar-refractivity contribution >= 4 is 11.8 Å². The van der Waals surface area contributed by atoms with Crippen molar-refractivity contribution < 1.29 is 14.0 Å². The van der Waals surface area contributed by atoms with E-state index < -0.39 is 0 Å². The quantitative estimate of drug-likeness (QED) is 0.627. The molecule has 0 fully saturated rings. The second-order valence-electron chi connectivity index (χ2n) is 7.72. The van der Waals surface area contributed by atoms with E-state index >= 15 is 0 Å². The molecule has 0 aliphatic heterocycles. The number of nitrogens with one attached hydrogen (secondary N) is 1. The number of benzene rings is 2. The van der Waals surface area contributed by atoms with Gasteiger partial charge in [0.25, 0.3) is 11.8 Å². The van der Waals surface area contributed by atoms with E-state index in [0.717, 1.165) is 11.1 Å². The molecule has 1 heterocycles. The van der Waals surface area contributed by atoms with Gasteiger partial charge in [0.1, 0.15) is 6.26 Å². The van der Waals surface area contributed by atoms with Crippen molar-refractivity contribution in [2.45, 2.75) is 46.3 Å². The molecule has 2 amide bonds. The van der Waals surface area contributed by atoms with Crippen molar-refractivity contribution in [3.05, 3.63) is 78.0 Å². The van der Waals surface area contributed by atoms with Crippen LogP contribution >= 0.6 is 0 Å². The average Bonchev–Trinajstić information content (AvgIpc) is 3.21. The van der Waals surface area contributed by atoms with E-state index in [0.29, 0.717) is 11.5 Å². The van der Waals surface area contributed by atoms with Gasteiger partial charge in [-0.2, -0.15) is 0 Å². The van der Waals surface area contributed by atoms with Crippen LogP contribution in [0.5, 0.6) is 0 Å². The van der Waals surface area contributed by atoms with Crippen molar-refractivity contribution in [1.29, 1.82) is 0 Å². The lowest BCUT2D eigenvalue weighted by atomic mass is 10.0. The fourth-order valence-corrected chi connectivity index (χ4v) is 3.06. The average molecular weight is 405 g/mol. The Morgan fingerprint density at radius 2 is 1.60 bits per heavy atom. The van der Waals surface area contributed by atoms with Crippen LogP contribution in [0.15, 0.2) is 65.3 Å². The molecule has 0 atom stereocenters. The van der Waals surface area contributed by atoms with Gasteiger partial charge in [-0.3, -0.25) is 9.59 Å². The Labute approximate surface area is 176 Å². The molecule has 30 heavy (non-hydrogen) atoms. The van der Waals surface area contributed by atoms with Crippen molar-refractivity contribution in [3.63, 3.8) is 0 Å². The highest BCUT2D eigenvalue weighted by atomic mass is 16.3. The van der Waals surface area contributed by atoms with Crippen LogP contribution in [-0.4, -0.2) is 33.8 Å². The number of carbonyl (C=O) groups is 2. The van der Waals surface area contributed by atoms with Gasteiger partial charge in [-0.1, -0.05) is 42.5 Å².